The highest BCUT2D eigenvalue weighted by Crippen LogP contribution is 2.58. The van der Waals surface area contributed by atoms with Crippen LogP contribution in [0.15, 0.2) is 176 Å². The second-order valence-electron chi connectivity index (χ2n) is 12.6. The summed E-state index contributed by atoms with van der Waals surface area (Å²) in [6.45, 7) is 2.38. The summed E-state index contributed by atoms with van der Waals surface area (Å²) in [5, 5.41) is 0. The van der Waals surface area contributed by atoms with E-state index in [0.717, 1.165) is 22.6 Å². The van der Waals surface area contributed by atoms with E-state index in [1.165, 1.54) is 50.1 Å². The summed E-state index contributed by atoms with van der Waals surface area (Å²) in [6.07, 6.45) is 0. The first-order chi connectivity index (χ1) is 22.7. The molecule has 1 heteroatoms. The molecule has 0 bridgehead atoms. The minimum absolute atomic E-state index is 0.253. The summed E-state index contributed by atoms with van der Waals surface area (Å²) >= 11 is 0. The van der Waals surface area contributed by atoms with Crippen molar-refractivity contribution in [1.29, 1.82) is 0 Å². The fourth-order valence-electron chi connectivity index (χ4n) is 8.24. The van der Waals surface area contributed by atoms with E-state index in [9.17, 15) is 0 Å². The number of para-hydroxylation sites is 1. The molecule has 1 atom stereocenters. The van der Waals surface area contributed by atoms with Crippen LogP contribution in [0.2, 0.25) is 0 Å². The standard InChI is InChI=1S/C45H32O/c1-44(32-16-5-2-6-17-32)37-24-12-11-22-36(37)43-35(23-15-26-39(43)44)31-28-29-42-40(30-31)45(33-18-7-3-8-19-33,34-20-9-4-10-21-34)38-25-13-14-27-41(38)46-42/h2-30H,1H3. The van der Waals surface area contributed by atoms with Gasteiger partial charge >= 0.3 is 0 Å². The fourth-order valence-corrected chi connectivity index (χ4v) is 8.24. The molecule has 0 fully saturated rings. The van der Waals surface area contributed by atoms with Crippen molar-refractivity contribution < 1.29 is 4.74 Å². The molecule has 2 aliphatic rings. The largest absolute Gasteiger partial charge is 0.457 e. The molecule has 9 rings (SSSR count). The maximum Gasteiger partial charge on any atom is 0.132 e. The van der Waals surface area contributed by atoms with Gasteiger partial charge in [-0.05, 0) is 75.2 Å². The highest BCUT2D eigenvalue weighted by atomic mass is 16.5. The van der Waals surface area contributed by atoms with Crippen molar-refractivity contribution in [2.75, 3.05) is 0 Å². The van der Waals surface area contributed by atoms with Crippen LogP contribution in [-0.2, 0) is 10.8 Å². The molecule has 46 heavy (non-hydrogen) atoms. The van der Waals surface area contributed by atoms with Gasteiger partial charge in [-0.1, -0.05) is 158 Å². The molecule has 1 aliphatic carbocycles. The number of benzene rings is 7. The van der Waals surface area contributed by atoms with E-state index < -0.39 is 5.41 Å². The van der Waals surface area contributed by atoms with E-state index in [1.54, 1.807) is 0 Å². The van der Waals surface area contributed by atoms with Gasteiger partial charge in [0.25, 0.3) is 0 Å². The normalized spacial score (nSPS) is 16.8. The van der Waals surface area contributed by atoms with E-state index in [2.05, 4.69) is 183 Å². The Hall–Kier alpha value is -5.66. The molecular formula is C45H32O. The van der Waals surface area contributed by atoms with Crippen LogP contribution in [0.25, 0.3) is 22.3 Å². The minimum atomic E-state index is -0.558. The van der Waals surface area contributed by atoms with Crippen molar-refractivity contribution >= 4 is 0 Å². The lowest BCUT2D eigenvalue weighted by atomic mass is 9.63. The van der Waals surface area contributed by atoms with Crippen LogP contribution in [0.1, 0.15) is 45.9 Å². The van der Waals surface area contributed by atoms with E-state index >= 15 is 0 Å². The molecule has 1 nitrogen and oxygen atoms in total. The molecule has 1 unspecified atom stereocenters. The molecule has 0 saturated carbocycles. The number of hydrogen-bond donors (Lipinski definition) is 0. The average Bonchev–Trinajstić information content (AvgIpc) is 3.40. The van der Waals surface area contributed by atoms with Gasteiger partial charge in [0.15, 0.2) is 0 Å². The zero-order chi connectivity index (χ0) is 30.7. The van der Waals surface area contributed by atoms with Crippen LogP contribution >= 0.6 is 0 Å². The van der Waals surface area contributed by atoms with Crippen LogP contribution in [0, 0.1) is 0 Å². The maximum atomic E-state index is 6.71. The summed E-state index contributed by atoms with van der Waals surface area (Å²) in [4.78, 5) is 0. The zero-order valence-corrected chi connectivity index (χ0v) is 25.7. The van der Waals surface area contributed by atoms with Crippen molar-refractivity contribution in [3.8, 4) is 33.8 Å². The molecule has 0 amide bonds. The number of fused-ring (bicyclic) bond motifs is 5. The van der Waals surface area contributed by atoms with E-state index in [-0.39, 0.29) is 5.41 Å². The molecule has 0 N–H and O–H groups in total. The Morgan fingerprint density at radius 3 is 1.61 bits per heavy atom. The summed E-state index contributed by atoms with van der Waals surface area (Å²) in [7, 11) is 0. The predicted molar refractivity (Wildman–Crippen MR) is 188 cm³/mol. The molecule has 0 radical (unpaired) electrons. The first-order valence-electron chi connectivity index (χ1n) is 16.0. The Bertz CT molecular complexity index is 2190. The Morgan fingerprint density at radius 2 is 0.913 bits per heavy atom. The lowest BCUT2D eigenvalue weighted by molar-refractivity contribution is 0.434. The monoisotopic (exact) mass is 588 g/mol. The second kappa shape index (κ2) is 10.2. The van der Waals surface area contributed by atoms with Crippen LogP contribution in [0.4, 0.5) is 0 Å². The first kappa shape index (κ1) is 26.7. The smallest absolute Gasteiger partial charge is 0.132 e. The Morgan fingerprint density at radius 1 is 0.391 bits per heavy atom. The predicted octanol–water partition coefficient (Wildman–Crippen LogP) is 11.2. The van der Waals surface area contributed by atoms with Gasteiger partial charge in [-0.25, -0.2) is 0 Å². The molecule has 0 saturated heterocycles. The van der Waals surface area contributed by atoms with Gasteiger partial charge in [-0.3, -0.25) is 0 Å². The van der Waals surface area contributed by atoms with Gasteiger partial charge in [0, 0.05) is 16.5 Å². The molecule has 218 valence electrons. The van der Waals surface area contributed by atoms with Crippen LogP contribution in [0.3, 0.4) is 0 Å². The van der Waals surface area contributed by atoms with Gasteiger partial charge in [0.05, 0.1) is 5.41 Å². The third kappa shape index (κ3) is 3.63. The molecule has 7 aromatic rings. The van der Waals surface area contributed by atoms with E-state index in [0.29, 0.717) is 0 Å². The lowest BCUT2D eigenvalue weighted by Gasteiger charge is -2.41. The highest BCUT2D eigenvalue weighted by Gasteiger charge is 2.46. The SMILES string of the molecule is CC1(c2ccccc2)c2ccccc2-c2c(-c3ccc4c(c3)C(c3ccccc3)(c3ccccc3)c3ccccc3O4)cccc21. The van der Waals surface area contributed by atoms with Gasteiger partial charge < -0.3 is 4.74 Å². The fraction of sp³-hybridized carbons (Fsp3) is 0.0667. The highest BCUT2D eigenvalue weighted by molar-refractivity contribution is 5.94. The summed E-state index contributed by atoms with van der Waals surface area (Å²) in [5.74, 6) is 1.78. The minimum Gasteiger partial charge on any atom is -0.457 e. The topological polar surface area (TPSA) is 9.23 Å². The van der Waals surface area contributed by atoms with E-state index in [1.807, 2.05) is 0 Å². The van der Waals surface area contributed by atoms with Gasteiger partial charge in [-0.2, -0.15) is 0 Å². The van der Waals surface area contributed by atoms with Gasteiger partial charge in [-0.15, -0.1) is 0 Å². The summed E-state index contributed by atoms with van der Waals surface area (Å²) in [6, 6.07) is 63.8. The number of rotatable bonds is 4. The molecule has 1 heterocycles. The third-order valence-corrected chi connectivity index (χ3v) is 10.3. The van der Waals surface area contributed by atoms with Crippen molar-refractivity contribution in [3.63, 3.8) is 0 Å². The van der Waals surface area contributed by atoms with E-state index in [4.69, 9.17) is 4.74 Å². The van der Waals surface area contributed by atoms with Crippen molar-refractivity contribution in [2.45, 2.75) is 17.8 Å². The molecule has 0 aromatic heterocycles. The lowest BCUT2D eigenvalue weighted by Crippen LogP contribution is -2.34. The molecule has 1 aliphatic heterocycles. The number of hydrogen-bond acceptors (Lipinski definition) is 1. The van der Waals surface area contributed by atoms with Crippen molar-refractivity contribution in [2.24, 2.45) is 0 Å². The van der Waals surface area contributed by atoms with Crippen LogP contribution < -0.4 is 4.74 Å². The number of ether oxygens (including phenoxy) is 1. The van der Waals surface area contributed by atoms with Crippen LogP contribution in [0.5, 0.6) is 11.5 Å². The molecular weight excluding hydrogens is 556 g/mol. The van der Waals surface area contributed by atoms with Crippen molar-refractivity contribution in [1.82, 2.24) is 0 Å². The summed E-state index contributed by atoms with van der Waals surface area (Å²) < 4.78 is 6.71. The molecule has 0 spiro atoms. The Labute approximate surface area is 270 Å². The summed E-state index contributed by atoms with van der Waals surface area (Å²) in [5.41, 5.74) is 13.0. The van der Waals surface area contributed by atoms with Gasteiger partial charge in [0.1, 0.15) is 11.5 Å². The second-order valence-corrected chi connectivity index (χ2v) is 12.6. The van der Waals surface area contributed by atoms with Gasteiger partial charge in [0.2, 0.25) is 0 Å². The Balaban J connectivity index is 1.34. The average molecular weight is 589 g/mol. The molecule has 7 aromatic carbocycles. The third-order valence-electron chi connectivity index (χ3n) is 10.3. The van der Waals surface area contributed by atoms with Crippen LogP contribution in [-0.4, -0.2) is 0 Å². The first-order valence-corrected chi connectivity index (χ1v) is 16.0. The Kier molecular flexibility index (Phi) is 5.92. The maximum absolute atomic E-state index is 6.71. The zero-order valence-electron chi connectivity index (χ0n) is 25.7. The quantitative estimate of drug-likeness (QED) is 0.199. The van der Waals surface area contributed by atoms with Crippen molar-refractivity contribution in [3.05, 3.63) is 215 Å².